The number of nitrogens with one attached hydrogen (secondary N) is 1. The van der Waals surface area contributed by atoms with Crippen LogP contribution in [0.4, 0.5) is 5.69 Å². The molecule has 1 aliphatic rings. The molecule has 2 aromatic heterocycles. The van der Waals surface area contributed by atoms with E-state index in [-0.39, 0.29) is 11.7 Å². The maximum atomic E-state index is 11.4. The second-order valence-corrected chi connectivity index (χ2v) is 6.91. The van der Waals surface area contributed by atoms with E-state index in [4.69, 9.17) is 16.3 Å². The maximum absolute atomic E-state index is 11.4. The van der Waals surface area contributed by atoms with E-state index >= 15 is 0 Å². The fourth-order valence-electron chi connectivity index (χ4n) is 3.45. The van der Waals surface area contributed by atoms with Crippen LogP contribution in [0.5, 0.6) is 5.88 Å². The molecule has 4 rings (SSSR count). The van der Waals surface area contributed by atoms with Crippen molar-refractivity contribution >= 4 is 34.2 Å². The number of aliphatic hydroxyl groups excluding tert-OH is 1. The number of carboxylic acid groups (broad SMARTS) is 1. The molecule has 140 valence electrons. The number of rotatable bonds is 4. The number of ether oxygens (including phenoxy) is 1. The number of methoxy groups -OCH3 is 1. The summed E-state index contributed by atoms with van der Waals surface area (Å²) in [5, 5.41) is 20.1. The highest BCUT2D eigenvalue weighted by molar-refractivity contribution is 6.34. The summed E-state index contributed by atoms with van der Waals surface area (Å²) >= 11 is 6.42. The normalized spacial score (nSPS) is 16.9. The van der Waals surface area contributed by atoms with Crippen molar-refractivity contribution in [1.82, 2.24) is 9.97 Å². The van der Waals surface area contributed by atoms with Crippen LogP contribution in [0.2, 0.25) is 5.02 Å². The highest BCUT2D eigenvalue weighted by Crippen LogP contribution is 2.36. The van der Waals surface area contributed by atoms with Gasteiger partial charge in [0.15, 0.2) is 0 Å². The molecule has 3 aromatic rings. The number of aromatic amines is 1. The van der Waals surface area contributed by atoms with Crippen LogP contribution >= 0.6 is 11.6 Å². The van der Waals surface area contributed by atoms with Gasteiger partial charge in [0.1, 0.15) is 0 Å². The second kappa shape index (κ2) is 6.75. The summed E-state index contributed by atoms with van der Waals surface area (Å²) < 4.78 is 5.45. The van der Waals surface area contributed by atoms with Crippen LogP contribution in [0.15, 0.2) is 30.5 Å². The third-order valence-electron chi connectivity index (χ3n) is 4.81. The van der Waals surface area contributed by atoms with Gasteiger partial charge in [0, 0.05) is 35.8 Å². The lowest BCUT2D eigenvalue weighted by Gasteiger charge is -2.20. The molecule has 1 fully saturated rings. The van der Waals surface area contributed by atoms with Crippen molar-refractivity contribution in [2.24, 2.45) is 0 Å². The highest BCUT2D eigenvalue weighted by Gasteiger charge is 2.24. The smallest absolute Gasteiger partial charge is 0.337 e. The lowest BCUT2D eigenvalue weighted by Crippen LogP contribution is -2.22. The monoisotopic (exact) mass is 387 g/mol. The molecule has 0 aliphatic carbocycles. The summed E-state index contributed by atoms with van der Waals surface area (Å²) in [7, 11) is 1.54. The van der Waals surface area contributed by atoms with E-state index in [1.165, 1.54) is 6.20 Å². The van der Waals surface area contributed by atoms with Gasteiger partial charge < -0.3 is 24.8 Å². The lowest BCUT2D eigenvalue weighted by atomic mass is 10.1. The Hall–Kier alpha value is -2.77. The molecular weight excluding hydrogens is 370 g/mol. The van der Waals surface area contributed by atoms with E-state index in [9.17, 15) is 15.0 Å². The van der Waals surface area contributed by atoms with E-state index in [2.05, 4.69) is 9.97 Å². The average Bonchev–Trinajstić information content (AvgIpc) is 3.26. The molecule has 27 heavy (non-hydrogen) atoms. The first-order valence-electron chi connectivity index (χ1n) is 8.50. The van der Waals surface area contributed by atoms with Gasteiger partial charge in [0.25, 0.3) is 0 Å². The third kappa shape index (κ3) is 3.09. The van der Waals surface area contributed by atoms with Crippen LogP contribution < -0.4 is 9.64 Å². The molecule has 8 heteroatoms. The number of aliphatic hydroxyl groups is 1. The summed E-state index contributed by atoms with van der Waals surface area (Å²) in [5.74, 6) is -0.576. The number of nitrogens with zero attached hydrogens (tertiary/aromatic N) is 2. The summed E-state index contributed by atoms with van der Waals surface area (Å²) in [4.78, 5) is 20.9. The number of fused-ring (bicyclic) bond motifs is 1. The van der Waals surface area contributed by atoms with Gasteiger partial charge >= 0.3 is 5.97 Å². The zero-order valence-corrected chi connectivity index (χ0v) is 15.3. The van der Waals surface area contributed by atoms with Gasteiger partial charge in [-0.25, -0.2) is 9.78 Å². The zero-order chi connectivity index (χ0) is 19.1. The number of carbonyl (C=O) groups is 1. The minimum absolute atomic E-state index is 0.178. The van der Waals surface area contributed by atoms with Gasteiger partial charge in [0.05, 0.1) is 35.2 Å². The summed E-state index contributed by atoms with van der Waals surface area (Å²) in [6.45, 7) is 1.27. The largest absolute Gasteiger partial charge is 0.480 e. The Morgan fingerprint density at radius 2 is 2.22 bits per heavy atom. The molecule has 0 amide bonds. The first-order chi connectivity index (χ1) is 13.0. The van der Waals surface area contributed by atoms with Crippen molar-refractivity contribution in [2.75, 3.05) is 25.1 Å². The number of hydrogen-bond acceptors (Lipinski definition) is 5. The van der Waals surface area contributed by atoms with Crippen molar-refractivity contribution in [1.29, 1.82) is 0 Å². The van der Waals surface area contributed by atoms with Crippen LogP contribution in [0.3, 0.4) is 0 Å². The lowest BCUT2D eigenvalue weighted by molar-refractivity contribution is 0.0699. The summed E-state index contributed by atoms with van der Waals surface area (Å²) in [6.07, 6.45) is 1.80. The van der Waals surface area contributed by atoms with Gasteiger partial charge in [-0.05, 0) is 30.7 Å². The van der Waals surface area contributed by atoms with Gasteiger partial charge in [-0.1, -0.05) is 11.6 Å². The van der Waals surface area contributed by atoms with Gasteiger partial charge in [-0.15, -0.1) is 0 Å². The van der Waals surface area contributed by atoms with Crippen LogP contribution in [0.1, 0.15) is 16.8 Å². The Morgan fingerprint density at radius 1 is 1.41 bits per heavy atom. The van der Waals surface area contributed by atoms with Gasteiger partial charge in [0.2, 0.25) is 5.88 Å². The number of carboxylic acids is 1. The Bertz CT molecular complexity index is 1030. The standard InChI is InChI=1S/C19H18ClN3O4/c1-27-18-17(23-5-4-10(24)9-23)3-2-15(22-18)12-6-11-13(19(25)26)8-21-16(11)7-14(12)20/h2-3,6-8,10,21,24H,4-5,9H2,1H3,(H,25,26). The molecular formula is C19H18ClN3O4. The fourth-order valence-corrected chi connectivity index (χ4v) is 3.71. The number of aromatic carboxylic acids is 1. The van der Waals surface area contributed by atoms with Crippen molar-refractivity contribution < 1.29 is 19.7 Å². The van der Waals surface area contributed by atoms with Crippen molar-refractivity contribution in [3.63, 3.8) is 0 Å². The van der Waals surface area contributed by atoms with E-state index < -0.39 is 5.97 Å². The number of H-pyrrole nitrogens is 1. The van der Waals surface area contributed by atoms with E-state index in [0.717, 1.165) is 12.2 Å². The van der Waals surface area contributed by atoms with E-state index in [0.29, 0.717) is 46.0 Å². The van der Waals surface area contributed by atoms with Gasteiger partial charge in [-0.3, -0.25) is 0 Å². The number of halogens is 1. The van der Waals surface area contributed by atoms with Crippen LogP contribution in [0.25, 0.3) is 22.2 Å². The Kier molecular flexibility index (Phi) is 4.41. The topological polar surface area (TPSA) is 98.7 Å². The first-order valence-corrected chi connectivity index (χ1v) is 8.88. The second-order valence-electron chi connectivity index (χ2n) is 6.50. The Balaban J connectivity index is 1.80. The third-order valence-corrected chi connectivity index (χ3v) is 5.13. The predicted molar refractivity (Wildman–Crippen MR) is 103 cm³/mol. The molecule has 0 bridgehead atoms. The number of anilines is 1. The quantitative estimate of drug-likeness (QED) is 0.636. The molecule has 3 heterocycles. The van der Waals surface area contributed by atoms with Gasteiger partial charge in [-0.2, -0.15) is 0 Å². The van der Waals surface area contributed by atoms with Crippen molar-refractivity contribution in [3.8, 4) is 17.1 Å². The molecule has 0 radical (unpaired) electrons. The molecule has 1 aromatic carbocycles. The molecule has 3 N–H and O–H groups in total. The molecule has 0 spiro atoms. The first kappa shape index (κ1) is 17.6. The number of β-amino-alcohol motifs (C(OH)–C–C–N with tert-alkyl or cyclic N) is 1. The molecule has 7 nitrogen and oxygen atoms in total. The fraction of sp³-hybridized carbons (Fsp3) is 0.263. The highest BCUT2D eigenvalue weighted by atomic mass is 35.5. The number of aromatic nitrogens is 2. The maximum Gasteiger partial charge on any atom is 0.337 e. The number of benzene rings is 1. The van der Waals surface area contributed by atoms with Crippen molar-refractivity contribution in [3.05, 3.63) is 41.0 Å². The zero-order valence-electron chi connectivity index (χ0n) is 14.6. The summed E-state index contributed by atoms with van der Waals surface area (Å²) in [5.41, 5.74) is 2.84. The summed E-state index contributed by atoms with van der Waals surface area (Å²) in [6, 6.07) is 7.12. The Morgan fingerprint density at radius 3 is 2.89 bits per heavy atom. The molecule has 1 unspecified atom stereocenters. The van der Waals surface area contributed by atoms with Crippen LogP contribution in [-0.4, -0.2) is 52.5 Å². The van der Waals surface area contributed by atoms with Crippen LogP contribution in [0, 0.1) is 0 Å². The van der Waals surface area contributed by atoms with E-state index in [1.54, 1.807) is 19.2 Å². The minimum atomic E-state index is -1.01. The number of pyridine rings is 1. The Labute approximate surface area is 160 Å². The molecule has 1 aliphatic heterocycles. The van der Waals surface area contributed by atoms with E-state index in [1.807, 2.05) is 17.0 Å². The molecule has 1 saturated heterocycles. The minimum Gasteiger partial charge on any atom is -0.480 e. The van der Waals surface area contributed by atoms with Crippen molar-refractivity contribution in [2.45, 2.75) is 12.5 Å². The predicted octanol–water partition coefficient (Wildman–Crippen LogP) is 3.16. The number of hydrogen-bond donors (Lipinski definition) is 3. The molecule has 1 atom stereocenters. The molecule has 0 saturated carbocycles. The average molecular weight is 388 g/mol. The SMILES string of the molecule is COc1nc(-c2cc3c(C(=O)O)c[nH]c3cc2Cl)ccc1N1CCC(O)C1. The van der Waals surface area contributed by atoms with Crippen LogP contribution in [-0.2, 0) is 0 Å².